The molecule has 0 aromatic heterocycles. The first-order chi connectivity index (χ1) is 6.95. The van der Waals surface area contributed by atoms with Crippen molar-refractivity contribution < 1.29 is 8.42 Å². The molecule has 92 valence electrons. The van der Waals surface area contributed by atoms with Gasteiger partial charge in [-0.3, -0.25) is 0 Å². The van der Waals surface area contributed by atoms with Crippen molar-refractivity contribution in [3.8, 4) is 0 Å². The molecule has 0 aliphatic carbocycles. The van der Waals surface area contributed by atoms with Gasteiger partial charge < -0.3 is 0 Å². The zero-order valence-electron chi connectivity index (χ0n) is 9.49. The Labute approximate surface area is 102 Å². The summed E-state index contributed by atoms with van der Waals surface area (Å²) in [6.07, 6.45) is 2.79. The van der Waals surface area contributed by atoms with E-state index in [-0.39, 0.29) is 17.7 Å². The Morgan fingerprint density at radius 2 is 2.07 bits per heavy atom. The normalized spacial score (nSPS) is 16.3. The van der Waals surface area contributed by atoms with E-state index in [1.165, 1.54) is 0 Å². The van der Waals surface area contributed by atoms with Crippen LogP contribution in [0, 0.1) is 5.92 Å². The van der Waals surface area contributed by atoms with Gasteiger partial charge in [-0.2, -0.15) is 11.8 Å². The number of thioether (sulfide) groups is 1. The summed E-state index contributed by atoms with van der Waals surface area (Å²) < 4.78 is 26.0. The Morgan fingerprint density at radius 1 is 1.47 bits per heavy atom. The van der Waals surface area contributed by atoms with Crippen LogP contribution in [0.25, 0.3) is 0 Å². The molecule has 0 aliphatic rings. The van der Waals surface area contributed by atoms with Crippen LogP contribution in [0.4, 0.5) is 0 Å². The smallest absolute Gasteiger partial charge is 0.212 e. The molecule has 0 aromatic rings. The Bertz CT molecular complexity index is 257. The standard InChI is InChI=1S/C9H20ClNO2S2/c1-4-9(6-14-3)11-15(12,13)7-8(2)5-10/h8-9,11H,4-7H2,1-3H3. The molecule has 3 nitrogen and oxygen atoms in total. The van der Waals surface area contributed by atoms with E-state index >= 15 is 0 Å². The molecule has 0 heterocycles. The molecule has 6 heteroatoms. The van der Waals surface area contributed by atoms with Gasteiger partial charge in [0, 0.05) is 17.7 Å². The van der Waals surface area contributed by atoms with Crippen molar-refractivity contribution in [3.63, 3.8) is 0 Å². The van der Waals surface area contributed by atoms with Gasteiger partial charge in [0.25, 0.3) is 0 Å². The number of sulfonamides is 1. The SMILES string of the molecule is CCC(CSC)NS(=O)(=O)CC(C)CCl. The summed E-state index contributed by atoms with van der Waals surface area (Å²) in [5, 5.41) is 0. The highest BCUT2D eigenvalue weighted by Gasteiger charge is 2.18. The first-order valence-corrected chi connectivity index (χ1v) is 8.58. The topological polar surface area (TPSA) is 46.2 Å². The average molecular weight is 274 g/mol. The summed E-state index contributed by atoms with van der Waals surface area (Å²) in [5.74, 6) is 1.29. The lowest BCUT2D eigenvalue weighted by molar-refractivity contribution is 0.547. The van der Waals surface area contributed by atoms with E-state index in [4.69, 9.17) is 11.6 Å². The van der Waals surface area contributed by atoms with E-state index in [2.05, 4.69) is 4.72 Å². The lowest BCUT2D eigenvalue weighted by Crippen LogP contribution is -2.39. The van der Waals surface area contributed by atoms with Gasteiger partial charge in [-0.25, -0.2) is 13.1 Å². The molecule has 0 aliphatic heterocycles. The summed E-state index contributed by atoms with van der Waals surface area (Å²) in [5.41, 5.74) is 0. The zero-order chi connectivity index (χ0) is 11.9. The Kier molecular flexibility index (Phi) is 8.05. The lowest BCUT2D eigenvalue weighted by atomic mass is 10.3. The highest BCUT2D eigenvalue weighted by atomic mass is 35.5. The van der Waals surface area contributed by atoms with E-state index in [1.54, 1.807) is 11.8 Å². The number of rotatable bonds is 8. The molecule has 0 aromatic carbocycles. The highest BCUT2D eigenvalue weighted by Crippen LogP contribution is 2.06. The van der Waals surface area contributed by atoms with Crippen molar-refractivity contribution in [2.75, 3.05) is 23.6 Å². The predicted molar refractivity (Wildman–Crippen MR) is 69.3 cm³/mol. The monoisotopic (exact) mass is 273 g/mol. The quantitative estimate of drug-likeness (QED) is 0.688. The van der Waals surface area contributed by atoms with Crippen LogP contribution >= 0.6 is 23.4 Å². The summed E-state index contributed by atoms with van der Waals surface area (Å²) in [6.45, 7) is 3.82. The second kappa shape index (κ2) is 7.76. The molecule has 0 bridgehead atoms. The van der Waals surface area contributed by atoms with Crippen LogP contribution in [-0.4, -0.2) is 38.1 Å². The van der Waals surface area contributed by atoms with Crippen LogP contribution in [0.1, 0.15) is 20.3 Å². The molecule has 15 heavy (non-hydrogen) atoms. The van der Waals surface area contributed by atoms with Crippen LogP contribution in [0.2, 0.25) is 0 Å². The number of alkyl halides is 1. The third-order valence-electron chi connectivity index (χ3n) is 1.97. The third kappa shape index (κ3) is 7.44. The minimum absolute atomic E-state index is 0.00375. The molecular formula is C9H20ClNO2S2. The van der Waals surface area contributed by atoms with E-state index in [0.29, 0.717) is 5.88 Å². The first-order valence-electron chi connectivity index (χ1n) is 5.00. The van der Waals surface area contributed by atoms with Crippen LogP contribution in [-0.2, 0) is 10.0 Å². The molecule has 0 radical (unpaired) electrons. The number of hydrogen-bond donors (Lipinski definition) is 1. The number of halogens is 1. The van der Waals surface area contributed by atoms with Crippen molar-refractivity contribution in [3.05, 3.63) is 0 Å². The number of nitrogens with one attached hydrogen (secondary N) is 1. The third-order valence-corrected chi connectivity index (χ3v) is 4.94. The Morgan fingerprint density at radius 3 is 2.47 bits per heavy atom. The van der Waals surface area contributed by atoms with Gasteiger partial charge in [-0.1, -0.05) is 13.8 Å². The zero-order valence-corrected chi connectivity index (χ0v) is 11.9. The largest absolute Gasteiger partial charge is 0.212 e. The van der Waals surface area contributed by atoms with Crippen LogP contribution in [0.3, 0.4) is 0 Å². The van der Waals surface area contributed by atoms with Crippen LogP contribution in [0.15, 0.2) is 0 Å². The van der Waals surface area contributed by atoms with Crippen LogP contribution in [0.5, 0.6) is 0 Å². The molecule has 0 amide bonds. The molecule has 0 saturated carbocycles. The maximum absolute atomic E-state index is 11.7. The average Bonchev–Trinajstić information content (AvgIpc) is 2.15. The highest BCUT2D eigenvalue weighted by molar-refractivity contribution is 7.98. The fraction of sp³-hybridized carbons (Fsp3) is 1.00. The minimum atomic E-state index is -3.17. The number of hydrogen-bond acceptors (Lipinski definition) is 3. The van der Waals surface area contributed by atoms with Crippen molar-refractivity contribution >= 4 is 33.4 Å². The molecule has 0 rings (SSSR count). The summed E-state index contributed by atoms with van der Waals surface area (Å²) >= 11 is 7.24. The van der Waals surface area contributed by atoms with Gasteiger partial charge in [0.2, 0.25) is 10.0 Å². The second-order valence-electron chi connectivity index (χ2n) is 3.72. The van der Waals surface area contributed by atoms with Crippen molar-refractivity contribution in [1.82, 2.24) is 4.72 Å². The Balaban J connectivity index is 4.22. The van der Waals surface area contributed by atoms with Gasteiger partial charge in [-0.05, 0) is 18.6 Å². The summed E-state index contributed by atoms with van der Waals surface area (Å²) in [7, 11) is -3.17. The van der Waals surface area contributed by atoms with Gasteiger partial charge in [0.15, 0.2) is 0 Å². The molecule has 2 atom stereocenters. The van der Waals surface area contributed by atoms with Crippen molar-refractivity contribution in [2.45, 2.75) is 26.3 Å². The fourth-order valence-electron chi connectivity index (χ4n) is 1.16. The van der Waals surface area contributed by atoms with Gasteiger partial charge in [0.05, 0.1) is 5.75 Å². The molecule has 1 N–H and O–H groups in total. The molecule has 2 unspecified atom stereocenters. The molecule has 0 spiro atoms. The lowest BCUT2D eigenvalue weighted by Gasteiger charge is -2.17. The maximum Gasteiger partial charge on any atom is 0.212 e. The fourth-order valence-corrected chi connectivity index (χ4v) is 3.94. The van der Waals surface area contributed by atoms with E-state index in [1.807, 2.05) is 20.1 Å². The van der Waals surface area contributed by atoms with Gasteiger partial charge >= 0.3 is 0 Å². The maximum atomic E-state index is 11.7. The van der Waals surface area contributed by atoms with E-state index in [9.17, 15) is 8.42 Å². The molecular weight excluding hydrogens is 254 g/mol. The van der Waals surface area contributed by atoms with E-state index < -0.39 is 10.0 Å². The second-order valence-corrected chi connectivity index (χ2v) is 6.74. The molecule has 0 saturated heterocycles. The van der Waals surface area contributed by atoms with Gasteiger partial charge in [-0.15, -0.1) is 11.6 Å². The van der Waals surface area contributed by atoms with Crippen molar-refractivity contribution in [2.24, 2.45) is 5.92 Å². The Hall–Kier alpha value is 0.550. The van der Waals surface area contributed by atoms with Crippen molar-refractivity contribution in [1.29, 1.82) is 0 Å². The predicted octanol–water partition coefficient (Wildman–Crippen LogP) is 1.92. The minimum Gasteiger partial charge on any atom is -0.212 e. The summed E-state index contributed by atoms with van der Waals surface area (Å²) in [6, 6.07) is 0.0347. The van der Waals surface area contributed by atoms with E-state index in [0.717, 1.165) is 12.2 Å². The summed E-state index contributed by atoms with van der Waals surface area (Å²) in [4.78, 5) is 0. The molecule has 0 fully saturated rings. The van der Waals surface area contributed by atoms with Gasteiger partial charge in [0.1, 0.15) is 0 Å². The van der Waals surface area contributed by atoms with Crippen LogP contribution < -0.4 is 4.72 Å². The first kappa shape index (κ1) is 15.6.